The lowest BCUT2D eigenvalue weighted by molar-refractivity contribution is 0.0111. The summed E-state index contributed by atoms with van der Waals surface area (Å²) >= 11 is 0. The molecular weight excluding hydrogens is 491 g/mol. The Bertz CT molecular complexity index is 1350. The molecule has 0 saturated carbocycles. The number of β-amino-alcohol motifs (C(OH)–C–C–N with tert-alkyl or cyclic N) is 2. The Labute approximate surface area is 221 Å². The first-order valence-corrected chi connectivity index (χ1v) is 13.0. The Morgan fingerprint density at radius 1 is 1.05 bits per heavy atom. The van der Waals surface area contributed by atoms with E-state index in [0.29, 0.717) is 30.4 Å². The second-order valence-corrected chi connectivity index (χ2v) is 11.3. The number of likely N-dealkylation sites (tertiary alicyclic amines) is 1. The minimum atomic E-state index is -1.23. The third-order valence-corrected chi connectivity index (χ3v) is 7.16. The van der Waals surface area contributed by atoms with E-state index in [-0.39, 0.29) is 25.6 Å². The number of aliphatic hydroxyl groups is 2. The lowest BCUT2D eigenvalue weighted by atomic mass is 9.85. The van der Waals surface area contributed by atoms with Gasteiger partial charge in [-0.05, 0) is 64.3 Å². The van der Waals surface area contributed by atoms with Gasteiger partial charge in [0.05, 0.1) is 30.5 Å². The van der Waals surface area contributed by atoms with Crippen LogP contribution in [0.25, 0.3) is 16.7 Å². The van der Waals surface area contributed by atoms with E-state index in [4.69, 9.17) is 4.74 Å². The number of alkyl halides is 1. The van der Waals surface area contributed by atoms with Crippen molar-refractivity contribution in [2.75, 3.05) is 31.1 Å². The molecule has 38 heavy (non-hydrogen) atoms. The molecule has 2 aliphatic heterocycles. The molecule has 2 fully saturated rings. The first-order valence-electron chi connectivity index (χ1n) is 13.0. The molecule has 2 N–H and O–H groups in total. The Balaban J connectivity index is 1.44. The van der Waals surface area contributed by atoms with Gasteiger partial charge in [-0.2, -0.15) is 5.10 Å². The third-order valence-electron chi connectivity index (χ3n) is 7.16. The van der Waals surface area contributed by atoms with Crippen molar-refractivity contribution >= 4 is 22.8 Å². The normalized spacial score (nSPS) is 24.3. The number of nitrogens with zero attached hydrogens (tertiary/aromatic N) is 6. The van der Waals surface area contributed by atoms with Gasteiger partial charge < -0.3 is 24.7 Å². The standard InChI is InChI=1S/C27H35FN6O4/c1-15-8-17-11-29-34(25-10-24(30-16(2)31-25)33-13-22(35)23(36)14-33)21(17)9-19(15)18-6-7-32(12-20(18)28)26(37)38-27(3,4)5/h8-11,18,20,22-23,35-36H,6-7,12-14H2,1-5H3/t18-,20-,22-,23+/m1/s1. The van der Waals surface area contributed by atoms with Gasteiger partial charge in [0.15, 0.2) is 5.82 Å². The predicted molar refractivity (Wildman–Crippen MR) is 140 cm³/mol. The molecule has 3 aromatic rings. The van der Waals surface area contributed by atoms with E-state index in [1.807, 2.05) is 24.0 Å². The Morgan fingerprint density at radius 3 is 2.39 bits per heavy atom. The predicted octanol–water partition coefficient (Wildman–Crippen LogP) is 3.04. The van der Waals surface area contributed by atoms with Crippen LogP contribution in [0.15, 0.2) is 24.4 Å². The molecule has 10 nitrogen and oxygen atoms in total. The maximum Gasteiger partial charge on any atom is 0.410 e. The largest absolute Gasteiger partial charge is 0.444 e. The lowest BCUT2D eigenvalue weighted by Gasteiger charge is -2.36. The molecule has 204 valence electrons. The number of halogens is 1. The van der Waals surface area contributed by atoms with Crippen molar-refractivity contribution in [3.8, 4) is 5.82 Å². The first-order chi connectivity index (χ1) is 17.9. The van der Waals surface area contributed by atoms with Gasteiger partial charge in [0, 0.05) is 37.0 Å². The monoisotopic (exact) mass is 526 g/mol. The zero-order chi connectivity index (χ0) is 27.4. The highest BCUT2D eigenvalue weighted by atomic mass is 19.1. The van der Waals surface area contributed by atoms with Crippen LogP contribution in [0.4, 0.5) is 15.0 Å². The molecule has 2 aromatic heterocycles. The van der Waals surface area contributed by atoms with Crippen LogP contribution in [0, 0.1) is 13.8 Å². The molecule has 11 heteroatoms. The van der Waals surface area contributed by atoms with Crippen LogP contribution in [-0.4, -0.2) is 91.1 Å². The minimum absolute atomic E-state index is 0.0156. The highest BCUT2D eigenvalue weighted by Gasteiger charge is 2.35. The summed E-state index contributed by atoms with van der Waals surface area (Å²) in [5, 5.41) is 25.4. The Morgan fingerprint density at radius 2 is 1.74 bits per heavy atom. The molecule has 0 spiro atoms. The van der Waals surface area contributed by atoms with Crippen LogP contribution >= 0.6 is 0 Å². The fourth-order valence-corrected chi connectivity index (χ4v) is 5.30. The zero-order valence-corrected chi connectivity index (χ0v) is 22.4. The van der Waals surface area contributed by atoms with Gasteiger partial charge in [-0.3, -0.25) is 0 Å². The number of benzene rings is 1. The fraction of sp³-hybridized carbons (Fsp3) is 0.556. The zero-order valence-electron chi connectivity index (χ0n) is 22.4. The highest BCUT2D eigenvalue weighted by molar-refractivity contribution is 5.82. The smallest absolute Gasteiger partial charge is 0.410 e. The summed E-state index contributed by atoms with van der Waals surface area (Å²) in [6.07, 6.45) is -1.15. The summed E-state index contributed by atoms with van der Waals surface area (Å²) in [6.45, 7) is 10.1. The van der Waals surface area contributed by atoms with E-state index < -0.39 is 30.1 Å². The molecule has 4 atom stereocenters. The van der Waals surface area contributed by atoms with Crippen LogP contribution in [0.1, 0.15) is 50.1 Å². The number of aryl methyl sites for hydroxylation is 2. The van der Waals surface area contributed by atoms with Crippen molar-refractivity contribution in [1.82, 2.24) is 24.6 Å². The summed E-state index contributed by atoms with van der Waals surface area (Å²) in [5.41, 5.74) is 2.01. The van der Waals surface area contributed by atoms with Gasteiger partial charge in [0.1, 0.15) is 23.4 Å². The van der Waals surface area contributed by atoms with Crippen LogP contribution in [0.2, 0.25) is 0 Å². The van der Waals surface area contributed by atoms with Gasteiger partial charge in [0.25, 0.3) is 0 Å². The number of aliphatic hydroxyl groups excluding tert-OH is 2. The number of carbonyl (C=O) groups is 1. The Kier molecular flexibility index (Phi) is 6.77. The van der Waals surface area contributed by atoms with Gasteiger partial charge in [-0.1, -0.05) is 0 Å². The van der Waals surface area contributed by atoms with E-state index >= 15 is 4.39 Å². The summed E-state index contributed by atoms with van der Waals surface area (Å²) in [4.78, 5) is 24.8. The molecule has 2 saturated heterocycles. The van der Waals surface area contributed by atoms with Crippen molar-refractivity contribution in [2.24, 2.45) is 0 Å². The van der Waals surface area contributed by atoms with Gasteiger partial charge >= 0.3 is 6.09 Å². The average Bonchev–Trinajstić information content (AvgIpc) is 3.39. The number of piperidine rings is 1. The highest BCUT2D eigenvalue weighted by Crippen LogP contribution is 2.35. The van der Waals surface area contributed by atoms with Crippen LogP contribution in [-0.2, 0) is 4.74 Å². The number of anilines is 1. The molecule has 2 aliphatic rings. The fourth-order valence-electron chi connectivity index (χ4n) is 5.30. The van der Waals surface area contributed by atoms with E-state index in [0.717, 1.165) is 22.0 Å². The van der Waals surface area contributed by atoms with Gasteiger partial charge in [0.2, 0.25) is 0 Å². The Hall–Kier alpha value is -3.31. The molecule has 5 rings (SSSR count). The minimum Gasteiger partial charge on any atom is -0.444 e. The van der Waals surface area contributed by atoms with Crippen molar-refractivity contribution in [3.05, 3.63) is 41.3 Å². The van der Waals surface area contributed by atoms with Crippen molar-refractivity contribution < 1.29 is 24.1 Å². The second kappa shape index (κ2) is 9.77. The molecule has 0 aliphatic carbocycles. The average molecular weight is 527 g/mol. The maximum absolute atomic E-state index is 15.5. The number of amides is 1. The van der Waals surface area contributed by atoms with E-state index in [1.54, 1.807) is 44.6 Å². The third kappa shape index (κ3) is 5.17. The summed E-state index contributed by atoms with van der Waals surface area (Å²) in [6, 6.07) is 5.75. The van der Waals surface area contributed by atoms with E-state index in [1.165, 1.54) is 4.90 Å². The maximum atomic E-state index is 15.5. The number of ether oxygens (including phenoxy) is 1. The van der Waals surface area contributed by atoms with Crippen molar-refractivity contribution in [3.63, 3.8) is 0 Å². The SMILES string of the molecule is Cc1nc(N2C[C@@H](O)[C@@H](O)C2)cc(-n2ncc3cc(C)c([C@H]4CCN(C(=O)OC(C)(C)C)C[C@H]4F)cc32)n1. The molecule has 0 bridgehead atoms. The molecular formula is C27H35FN6O4. The topological polar surface area (TPSA) is 117 Å². The summed E-state index contributed by atoms with van der Waals surface area (Å²) in [5.74, 6) is 1.31. The molecule has 4 heterocycles. The van der Waals surface area contributed by atoms with Crippen LogP contribution in [0.3, 0.4) is 0 Å². The van der Waals surface area contributed by atoms with Crippen LogP contribution in [0.5, 0.6) is 0 Å². The molecule has 1 amide bonds. The lowest BCUT2D eigenvalue weighted by Crippen LogP contribution is -2.46. The van der Waals surface area contributed by atoms with Gasteiger partial charge in [-0.25, -0.2) is 23.8 Å². The number of hydrogen-bond acceptors (Lipinski definition) is 8. The number of fused-ring (bicyclic) bond motifs is 1. The second-order valence-electron chi connectivity index (χ2n) is 11.3. The number of carbonyl (C=O) groups excluding carboxylic acids is 1. The molecule has 0 unspecified atom stereocenters. The van der Waals surface area contributed by atoms with Gasteiger partial charge in [-0.15, -0.1) is 0 Å². The number of rotatable bonds is 3. The van der Waals surface area contributed by atoms with Crippen molar-refractivity contribution in [1.29, 1.82) is 0 Å². The van der Waals surface area contributed by atoms with E-state index in [9.17, 15) is 15.0 Å². The number of hydrogen-bond donors (Lipinski definition) is 2. The first kappa shape index (κ1) is 26.3. The van der Waals surface area contributed by atoms with Crippen LogP contribution < -0.4 is 4.90 Å². The summed E-state index contributed by atoms with van der Waals surface area (Å²) < 4.78 is 22.7. The molecule has 0 radical (unpaired) electrons. The van der Waals surface area contributed by atoms with Crippen molar-refractivity contribution in [2.45, 2.75) is 70.9 Å². The number of aromatic nitrogens is 4. The summed E-state index contributed by atoms with van der Waals surface area (Å²) in [7, 11) is 0. The van der Waals surface area contributed by atoms with E-state index in [2.05, 4.69) is 15.1 Å². The quantitative estimate of drug-likeness (QED) is 0.535. The molecule has 1 aromatic carbocycles.